The summed E-state index contributed by atoms with van der Waals surface area (Å²) in [4.78, 5) is 29.0. The van der Waals surface area contributed by atoms with E-state index in [-0.39, 0.29) is 18.2 Å². The molecule has 2 aromatic heterocycles. The molecular weight excluding hydrogens is 432 g/mol. The monoisotopic (exact) mass is 464 g/mol. The maximum Gasteiger partial charge on any atom is 0.328 e. The maximum atomic E-state index is 12.9. The molecule has 1 amide bonds. The lowest BCUT2D eigenvalue weighted by atomic mass is 9.89. The van der Waals surface area contributed by atoms with Crippen LogP contribution in [-0.4, -0.2) is 69.8 Å². The third kappa shape index (κ3) is 4.69. The van der Waals surface area contributed by atoms with Gasteiger partial charge in [-0.25, -0.2) is 14.3 Å². The summed E-state index contributed by atoms with van der Waals surface area (Å²) in [6.07, 6.45) is 7.25. The highest BCUT2D eigenvalue weighted by Crippen LogP contribution is 2.25. The second kappa shape index (κ2) is 9.94. The van der Waals surface area contributed by atoms with Gasteiger partial charge in [0.05, 0.1) is 12.1 Å². The molecule has 2 fully saturated rings. The van der Waals surface area contributed by atoms with Crippen LogP contribution in [0, 0.1) is 0 Å². The van der Waals surface area contributed by atoms with Crippen LogP contribution in [0.3, 0.4) is 0 Å². The number of hydrogen-bond donors (Lipinski definition) is 3. The van der Waals surface area contributed by atoms with Crippen molar-refractivity contribution in [1.29, 1.82) is 0 Å². The molecular formula is C24H32N8O2. The van der Waals surface area contributed by atoms with Crippen LogP contribution in [-0.2, 0) is 11.3 Å². The number of likely N-dealkylation sites (tertiary alicyclic amines) is 1. The molecule has 3 heterocycles. The van der Waals surface area contributed by atoms with Crippen molar-refractivity contribution in [3.63, 3.8) is 0 Å². The highest BCUT2D eigenvalue weighted by molar-refractivity contribution is 5.92. The van der Waals surface area contributed by atoms with Crippen molar-refractivity contribution in [3.05, 3.63) is 36.2 Å². The Balaban J connectivity index is 1.37. The number of carbonyl (C=O) groups is 1. The lowest BCUT2D eigenvalue weighted by Gasteiger charge is -2.35. The number of aromatic nitrogens is 4. The number of ether oxygens (including phenoxy) is 1. The summed E-state index contributed by atoms with van der Waals surface area (Å²) >= 11 is 0. The molecule has 1 saturated carbocycles. The summed E-state index contributed by atoms with van der Waals surface area (Å²) in [7, 11) is 3.45. The first-order valence-corrected chi connectivity index (χ1v) is 12.0. The smallest absolute Gasteiger partial charge is 0.328 e. The van der Waals surface area contributed by atoms with Crippen molar-refractivity contribution in [2.45, 2.75) is 50.8 Å². The number of nitrogens with one attached hydrogen (secondary N) is 3. The van der Waals surface area contributed by atoms with Gasteiger partial charge in [0.25, 0.3) is 0 Å². The zero-order valence-electron chi connectivity index (χ0n) is 19.8. The van der Waals surface area contributed by atoms with E-state index in [0.29, 0.717) is 22.9 Å². The fraction of sp³-hybridized carbons (Fsp3) is 0.500. The molecule has 0 spiro atoms. The van der Waals surface area contributed by atoms with Crippen LogP contribution in [0.1, 0.15) is 37.7 Å². The maximum absolute atomic E-state index is 12.9. The number of methoxy groups -OCH3 is 1. The Hall–Kier alpha value is -3.24. The third-order valence-corrected chi connectivity index (χ3v) is 6.71. The lowest BCUT2D eigenvalue weighted by molar-refractivity contribution is 0.0110. The van der Waals surface area contributed by atoms with Crippen LogP contribution in [0.2, 0.25) is 0 Å². The number of rotatable bonds is 7. The molecule has 1 aromatic carbocycles. The van der Waals surface area contributed by atoms with Crippen LogP contribution in [0.25, 0.3) is 11.2 Å². The van der Waals surface area contributed by atoms with Gasteiger partial charge in [-0.1, -0.05) is 18.6 Å². The molecule has 1 aliphatic carbocycles. The van der Waals surface area contributed by atoms with Crippen molar-refractivity contribution < 1.29 is 9.53 Å². The predicted octanol–water partition coefficient (Wildman–Crippen LogP) is 3.33. The molecule has 34 heavy (non-hydrogen) atoms. The van der Waals surface area contributed by atoms with E-state index in [1.165, 1.54) is 35.7 Å². The minimum atomic E-state index is -0.274. The van der Waals surface area contributed by atoms with Gasteiger partial charge in [-0.05, 0) is 56.5 Å². The van der Waals surface area contributed by atoms with Gasteiger partial charge in [-0.3, -0.25) is 4.90 Å². The number of nitrogens with zero attached hydrogens (tertiary/aromatic N) is 5. The normalized spacial score (nSPS) is 20.6. The van der Waals surface area contributed by atoms with E-state index in [4.69, 9.17) is 4.74 Å². The topological polar surface area (TPSA) is 109 Å². The Morgan fingerprint density at radius 1 is 1.18 bits per heavy atom. The van der Waals surface area contributed by atoms with E-state index in [2.05, 4.69) is 47.9 Å². The summed E-state index contributed by atoms with van der Waals surface area (Å²) in [5.41, 5.74) is 3.14. The van der Waals surface area contributed by atoms with Crippen molar-refractivity contribution in [2.24, 2.45) is 0 Å². The Bertz CT molecular complexity index is 1160. The second-order valence-electron chi connectivity index (χ2n) is 9.00. The SMILES string of the molecule is CNc1nc(Nc2cccc(CN3CCCCC3)c2)nc2c1ncn2C(=O)N[C@@H]1CC[C@H]1OC. The molecule has 3 aromatic rings. The number of benzene rings is 1. The van der Waals surface area contributed by atoms with Crippen LogP contribution >= 0.6 is 0 Å². The Morgan fingerprint density at radius 3 is 2.76 bits per heavy atom. The summed E-state index contributed by atoms with van der Waals surface area (Å²) in [6.45, 7) is 3.25. The molecule has 1 saturated heterocycles. The first-order valence-electron chi connectivity index (χ1n) is 12.0. The average Bonchev–Trinajstić information content (AvgIpc) is 3.26. The fourth-order valence-corrected chi connectivity index (χ4v) is 4.68. The highest BCUT2D eigenvalue weighted by atomic mass is 16.5. The zero-order chi connectivity index (χ0) is 23.5. The Labute approximate surface area is 199 Å². The van der Waals surface area contributed by atoms with Gasteiger partial charge in [-0.2, -0.15) is 9.97 Å². The summed E-state index contributed by atoms with van der Waals surface area (Å²) < 4.78 is 6.83. The number of piperidine rings is 1. The number of anilines is 3. The number of carbonyl (C=O) groups excluding carboxylic acids is 1. The minimum Gasteiger partial charge on any atom is -0.379 e. The molecule has 5 rings (SSSR count). The standard InChI is InChI=1S/C24H32N8O2/c1-25-21-20-22(32(15-26-20)24(33)28-18-9-10-19(18)34-2)30-23(29-21)27-17-8-6-7-16(13-17)14-31-11-4-3-5-12-31/h6-8,13,15,18-19H,3-5,9-12,14H2,1-2H3,(H,28,33)(H2,25,27,29,30)/t18-,19-/m1/s1. The van der Waals surface area contributed by atoms with Crippen LogP contribution in [0.15, 0.2) is 30.6 Å². The van der Waals surface area contributed by atoms with E-state index in [1.807, 2.05) is 12.1 Å². The molecule has 1 aliphatic heterocycles. The minimum absolute atomic E-state index is 0.000738. The number of hydrogen-bond acceptors (Lipinski definition) is 8. The Morgan fingerprint density at radius 2 is 2.03 bits per heavy atom. The van der Waals surface area contributed by atoms with Crippen LogP contribution in [0.5, 0.6) is 0 Å². The van der Waals surface area contributed by atoms with Crippen LogP contribution in [0.4, 0.5) is 22.2 Å². The molecule has 180 valence electrons. The molecule has 0 unspecified atom stereocenters. The molecule has 0 radical (unpaired) electrons. The van der Waals surface area contributed by atoms with Gasteiger partial charge < -0.3 is 20.7 Å². The number of fused-ring (bicyclic) bond motifs is 1. The zero-order valence-corrected chi connectivity index (χ0v) is 19.8. The summed E-state index contributed by atoms with van der Waals surface area (Å²) in [5.74, 6) is 0.960. The van der Waals surface area contributed by atoms with E-state index < -0.39 is 0 Å². The summed E-state index contributed by atoms with van der Waals surface area (Å²) in [5, 5.41) is 9.40. The van der Waals surface area contributed by atoms with E-state index in [9.17, 15) is 4.79 Å². The van der Waals surface area contributed by atoms with E-state index >= 15 is 0 Å². The average molecular weight is 465 g/mol. The predicted molar refractivity (Wildman–Crippen MR) is 131 cm³/mol. The summed E-state index contributed by atoms with van der Waals surface area (Å²) in [6, 6.07) is 8.05. The van der Waals surface area contributed by atoms with Crippen molar-refractivity contribution in [1.82, 2.24) is 29.7 Å². The second-order valence-corrected chi connectivity index (χ2v) is 9.00. The van der Waals surface area contributed by atoms with Gasteiger partial charge in [0.2, 0.25) is 5.95 Å². The van der Waals surface area contributed by atoms with Crippen molar-refractivity contribution in [3.8, 4) is 0 Å². The van der Waals surface area contributed by atoms with Crippen molar-refractivity contribution >= 4 is 34.6 Å². The largest absolute Gasteiger partial charge is 0.379 e. The van der Waals surface area contributed by atoms with E-state index in [0.717, 1.165) is 38.2 Å². The van der Waals surface area contributed by atoms with Gasteiger partial charge >= 0.3 is 6.03 Å². The number of amides is 1. The van der Waals surface area contributed by atoms with Gasteiger partial charge in [0, 0.05) is 26.4 Å². The fourth-order valence-electron chi connectivity index (χ4n) is 4.68. The quantitative estimate of drug-likeness (QED) is 0.489. The highest BCUT2D eigenvalue weighted by Gasteiger charge is 2.32. The van der Waals surface area contributed by atoms with E-state index in [1.54, 1.807) is 14.2 Å². The third-order valence-electron chi connectivity index (χ3n) is 6.71. The first kappa shape index (κ1) is 22.5. The van der Waals surface area contributed by atoms with Crippen molar-refractivity contribution in [2.75, 3.05) is 37.9 Å². The molecule has 3 N–H and O–H groups in total. The molecule has 10 heteroatoms. The lowest BCUT2D eigenvalue weighted by Crippen LogP contribution is -2.52. The molecule has 0 bridgehead atoms. The molecule has 2 atom stereocenters. The first-order chi connectivity index (χ1) is 16.6. The Kier molecular flexibility index (Phi) is 6.59. The molecule has 2 aliphatic rings. The van der Waals surface area contributed by atoms with Crippen LogP contribution < -0.4 is 16.0 Å². The van der Waals surface area contributed by atoms with Gasteiger partial charge in [-0.15, -0.1) is 0 Å². The molecule has 10 nitrogen and oxygen atoms in total. The van der Waals surface area contributed by atoms with Gasteiger partial charge in [0.15, 0.2) is 17.0 Å². The van der Waals surface area contributed by atoms with Gasteiger partial charge in [0.1, 0.15) is 6.33 Å². The number of imidazole rings is 1.